The zero-order chi connectivity index (χ0) is 20.8. The van der Waals surface area contributed by atoms with Crippen molar-refractivity contribution in [2.45, 2.75) is 13.1 Å². The monoisotopic (exact) mass is 440 g/mol. The number of hydrogen-bond acceptors (Lipinski definition) is 4. The number of benzene rings is 2. The van der Waals surface area contributed by atoms with Gasteiger partial charge in [0.2, 0.25) is 5.78 Å². The summed E-state index contributed by atoms with van der Waals surface area (Å²) >= 11 is 7.40. The Morgan fingerprint density at radius 1 is 1.00 bits per heavy atom. The molecule has 0 saturated carbocycles. The van der Waals surface area contributed by atoms with Crippen LogP contribution in [0.25, 0.3) is 16.0 Å². The third-order valence-corrected chi connectivity index (χ3v) is 6.19. The normalized spacial score (nSPS) is 11.5. The van der Waals surface area contributed by atoms with E-state index in [1.807, 2.05) is 30.3 Å². The van der Waals surface area contributed by atoms with Crippen LogP contribution in [0.2, 0.25) is 5.02 Å². The van der Waals surface area contributed by atoms with Gasteiger partial charge in [0.25, 0.3) is 5.56 Å². The van der Waals surface area contributed by atoms with Crippen molar-refractivity contribution < 1.29 is 4.39 Å². The number of nitrogens with zero attached hydrogens (tertiary/aromatic N) is 4. The number of fused-ring (bicyclic) bond motifs is 3. The maximum atomic E-state index is 14.3. The molecular formula is C21H14ClFN4O2S. The highest BCUT2D eigenvalue weighted by Crippen LogP contribution is 2.21. The minimum absolute atomic E-state index is 0.142. The molecule has 0 fully saturated rings. The molecule has 0 radical (unpaired) electrons. The van der Waals surface area contributed by atoms with Crippen LogP contribution in [0, 0.1) is 5.82 Å². The number of hydrogen-bond donors (Lipinski definition) is 0. The predicted molar refractivity (Wildman–Crippen MR) is 115 cm³/mol. The van der Waals surface area contributed by atoms with Crippen LogP contribution < -0.4 is 11.2 Å². The molecule has 5 rings (SSSR count). The standard InChI is InChI=1S/C21H14ClFN4O2S/c22-15-7-4-8-16(23)14(15)12-26-21(29)27-17-9-10-30-18(17)19(28)25(20(27)24-26)11-13-5-2-1-3-6-13/h1-10H,11-12H2. The summed E-state index contributed by atoms with van der Waals surface area (Å²) in [4.78, 5) is 26.3. The number of thiophene rings is 1. The van der Waals surface area contributed by atoms with Crippen LogP contribution in [-0.4, -0.2) is 18.7 Å². The Morgan fingerprint density at radius 2 is 1.80 bits per heavy atom. The molecule has 0 aliphatic rings. The molecule has 150 valence electrons. The third kappa shape index (κ3) is 2.96. The van der Waals surface area contributed by atoms with Crippen molar-refractivity contribution in [2.75, 3.05) is 0 Å². The van der Waals surface area contributed by atoms with Crippen molar-refractivity contribution in [1.29, 1.82) is 0 Å². The second-order valence-corrected chi connectivity index (χ2v) is 8.11. The van der Waals surface area contributed by atoms with Crippen molar-refractivity contribution in [2.24, 2.45) is 0 Å². The summed E-state index contributed by atoms with van der Waals surface area (Å²) < 4.78 is 18.7. The third-order valence-electron chi connectivity index (χ3n) is 4.94. The van der Waals surface area contributed by atoms with Gasteiger partial charge in [-0.2, -0.15) is 0 Å². The Morgan fingerprint density at radius 3 is 2.57 bits per heavy atom. The molecule has 30 heavy (non-hydrogen) atoms. The van der Waals surface area contributed by atoms with Gasteiger partial charge < -0.3 is 0 Å². The highest BCUT2D eigenvalue weighted by Gasteiger charge is 2.19. The van der Waals surface area contributed by atoms with E-state index in [0.717, 1.165) is 10.2 Å². The quantitative estimate of drug-likeness (QED) is 0.427. The molecule has 3 heterocycles. The van der Waals surface area contributed by atoms with E-state index in [1.165, 1.54) is 32.4 Å². The molecular weight excluding hydrogens is 427 g/mol. The largest absolute Gasteiger partial charge is 0.352 e. The SMILES string of the molecule is O=c1c2sccc2n2c(=O)n(Cc3c(F)cccc3Cl)nc2n1Cc1ccccc1. The van der Waals surface area contributed by atoms with Crippen molar-refractivity contribution in [3.63, 3.8) is 0 Å². The highest BCUT2D eigenvalue weighted by molar-refractivity contribution is 7.17. The van der Waals surface area contributed by atoms with E-state index in [2.05, 4.69) is 5.10 Å². The molecule has 3 aromatic heterocycles. The first-order valence-corrected chi connectivity index (χ1v) is 10.4. The maximum absolute atomic E-state index is 14.3. The van der Waals surface area contributed by atoms with Gasteiger partial charge in [0.15, 0.2) is 0 Å². The van der Waals surface area contributed by atoms with E-state index < -0.39 is 11.5 Å². The van der Waals surface area contributed by atoms with Crippen LogP contribution in [0.15, 0.2) is 69.6 Å². The van der Waals surface area contributed by atoms with Crippen molar-refractivity contribution >= 4 is 38.9 Å². The Balaban J connectivity index is 1.76. The smallest absolute Gasteiger partial charge is 0.271 e. The Kier molecular flexibility index (Phi) is 4.52. The fraction of sp³-hybridized carbons (Fsp3) is 0.0952. The van der Waals surface area contributed by atoms with Crippen LogP contribution in [0.5, 0.6) is 0 Å². The summed E-state index contributed by atoms with van der Waals surface area (Å²) in [6.45, 7) is 0.116. The lowest BCUT2D eigenvalue weighted by Gasteiger charge is -2.07. The molecule has 6 nitrogen and oxygen atoms in total. The topological polar surface area (TPSA) is 61.3 Å². The molecule has 0 bridgehead atoms. The van der Waals surface area contributed by atoms with Crippen molar-refractivity contribution in [3.05, 3.63) is 103 Å². The summed E-state index contributed by atoms with van der Waals surface area (Å²) in [6, 6.07) is 15.5. The molecule has 5 aromatic rings. The van der Waals surface area contributed by atoms with Crippen LogP contribution in [-0.2, 0) is 13.1 Å². The predicted octanol–water partition coefficient (Wildman–Crippen LogP) is 3.76. The molecule has 0 atom stereocenters. The Bertz CT molecular complexity index is 1500. The first-order chi connectivity index (χ1) is 14.5. The summed E-state index contributed by atoms with van der Waals surface area (Å²) in [5.41, 5.74) is 0.867. The summed E-state index contributed by atoms with van der Waals surface area (Å²) in [5, 5.41) is 6.36. The van der Waals surface area contributed by atoms with Gasteiger partial charge in [0.05, 0.1) is 18.6 Å². The first-order valence-electron chi connectivity index (χ1n) is 9.11. The van der Waals surface area contributed by atoms with Crippen molar-refractivity contribution in [1.82, 2.24) is 18.7 Å². The van der Waals surface area contributed by atoms with E-state index in [-0.39, 0.29) is 35.0 Å². The maximum Gasteiger partial charge on any atom is 0.352 e. The molecule has 0 saturated heterocycles. The molecule has 0 aliphatic heterocycles. The molecule has 0 amide bonds. The minimum atomic E-state index is -0.520. The lowest BCUT2D eigenvalue weighted by molar-refractivity contribution is 0.578. The van der Waals surface area contributed by atoms with E-state index in [1.54, 1.807) is 17.5 Å². The molecule has 9 heteroatoms. The van der Waals surface area contributed by atoms with Gasteiger partial charge in [0, 0.05) is 10.6 Å². The van der Waals surface area contributed by atoms with Crippen LogP contribution in [0.3, 0.4) is 0 Å². The van der Waals surface area contributed by atoms with Gasteiger partial charge >= 0.3 is 5.69 Å². The lowest BCUT2D eigenvalue weighted by Crippen LogP contribution is -2.26. The number of halogens is 2. The van der Waals surface area contributed by atoms with E-state index >= 15 is 0 Å². The average Bonchev–Trinajstić information content (AvgIpc) is 3.34. The molecule has 0 unspecified atom stereocenters. The van der Waals surface area contributed by atoms with Gasteiger partial charge in [-0.3, -0.25) is 9.36 Å². The zero-order valence-electron chi connectivity index (χ0n) is 15.5. The van der Waals surface area contributed by atoms with Crippen LogP contribution in [0.4, 0.5) is 4.39 Å². The molecule has 0 N–H and O–H groups in total. The molecule has 0 spiro atoms. The van der Waals surface area contributed by atoms with Gasteiger partial charge in [0.1, 0.15) is 10.5 Å². The number of aromatic nitrogens is 4. The highest BCUT2D eigenvalue weighted by atomic mass is 35.5. The van der Waals surface area contributed by atoms with Gasteiger partial charge in [-0.1, -0.05) is 48.0 Å². The van der Waals surface area contributed by atoms with E-state index in [0.29, 0.717) is 10.2 Å². The second-order valence-electron chi connectivity index (χ2n) is 6.79. The van der Waals surface area contributed by atoms with E-state index in [9.17, 15) is 14.0 Å². The van der Waals surface area contributed by atoms with Crippen molar-refractivity contribution in [3.8, 4) is 0 Å². The average molecular weight is 441 g/mol. The minimum Gasteiger partial charge on any atom is -0.271 e. The Labute approximate surface area is 178 Å². The summed E-state index contributed by atoms with van der Waals surface area (Å²) in [7, 11) is 0. The number of rotatable bonds is 4. The molecule has 2 aromatic carbocycles. The second kappa shape index (κ2) is 7.23. The van der Waals surface area contributed by atoms with Crippen LogP contribution >= 0.6 is 22.9 Å². The molecule has 0 aliphatic carbocycles. The van der Waals surface area contributed by atoms with Gasteiger partial charge in [-0.25, -0.2) is 18.3 Å². The zero-order valence-corrected chi connectivity index (χ0v) is 17.0. The summed E-state index contributed by atoms with van der Waals surface area (Å²) in [5.74, 6) is -0.318. The first kappa shape index (κ1) is 18.8. The lowest BCUT2D eigenvalue weighted by atomic mass is 10.2. The van der Waals surface area contributed by atoms with Gasteiger partial charge in [-0.15, -0.1) is 16.4 Å². The van der Waals surface area contributed by atoms with Crippen LogP contribution in [0.1, 0.15) is 11.1 Å². The fourth-order valence-electron chi connectivity index (χ4n) is 3.48. The Hall–Kier alpha value is -3.23. The van der Waals surface area contributed by atoms with Gasteiger partial charge in [-0.05, 0) is 29.1 Å². The summed E-state index contributed by atoms with van der Waals surface area (Å²) in [6.07, 6.45) is 0. The van der Waals surface area contributed by atoms with E-state index in [4.69, 9.17) is 11.6 Å². The fourth-order valence-corrected chi connectivity index (χ4v) is 4.53.